The molecule has 0 fully saturated rings. The van der Waals surface area contributed by atoms with Crippen LogP contribution in [0.4, 0.5) is 17.6 Å². The fourth-order valence-corrected chi connectivity index (χ4v) is 3.11. The highest BCUT2D eigenvalue weighted by Gasteiger charge is 2.26. The van der Waals surface area contributed by atoms with Crippen molar-refractivity contribution in [2.45, 2.75) is 30.5 Å². The van der Waals surface area contributed by atoms with Gasteiger partial charge in [0.1, 0.15) is 10.7 Å². The summed E-state index contributed by atoms with van der Waals surface area (Å²) >= 11 is 0. The third-order valence-corrected chi connectivity index (χ3v) is 4.28. The minimum absolute atomic E-state index is 0.0476. The molecule has 0 saturated heterocycles. The van der Waals surface area contributed by atoms with E-state index in [0.29, 0.717) is 5.52 Å². The summed E-state index contributed by atoms with van der Waals surface area (Å²) in [6, 6.07) is 3.40. The maximum absolute atomic E-state index is 13.2. The summed E-state index contributed by atoms with van der Waals surface area (Å²) in [6.45, 7) is -0.0476. The highest BCUT2D eigenvalue weighted by Crippen LogP contribution is 2.30. The lowest BCUT2D eigenvalue weighted by Crippen LogP contribution is -2.09. The molecule has 0 atom stereocenters. The predicted molar refractivity (Wildman–Crippen MR) is 70.2 cm³/mol. The maximum Gasteiger partial charge on any atom is 0.389 e. The zero-order valence-electron chi connectivity index (χ0n) is 10.5. The van der Waals surface area contributed by atoms with Gasteiger partial charge in [-0.25, -0.2) is 12.8 Å². The van der Waals surface area contributed by atoms with Crippen molar-refractivity contribution in [2.75, 3.05) is 0 Å². The maximum atomic E-state index is 13.2. The largest absolute Gasteiger partial charge is 0.389 e. The Kier molecular flexibility index (Phi) is 4.21. The Morgan fingerprint density at radius 1 is 1.24 bits per heavy atom. The molecule has 0 amide bonds. The summed E-state index contributed by atoms with van der Waals surface area (Å²) in [5, 5.41) is 0.0528. The SMILES string of the molecule is O=S(=O)(Cl)c1cn(CCCC(F)(F)F)c2ccc(F)cc12. The molecule has 116 valence electrons. The quantitative estimate of drug-likeness (QED) is 0.620. The molecule has 2 aromatic rings. The van der Waals surface area contributed by atoms with Crippen LogP contribution < -0.4 is 0 Å². The minimum atomic E-state index is -4.28. The lowest BCUT2D eigenvalue weighted by molar-refractivity contribution is -0.135. The second kappa shape index (κ2) is 5.49. The summed E-state index contributed by atoms with van der Waals surface area (Å²) < 4.78 is 73.9. The number of aromatic nitrogens is 1. The molecule has 0 aliphatic carbocycles. The molecule has 2 rings (SSSR count). The molecule has 21 heavy (non-hydrogen) atoms. The number of nitrogens with zero attached hydrogens (tertiary/aromatic N) is 1. The third-order valence-electron chi connectivity index (χ3n) is 2.93. The molecule has 9 heteroatoms. The van der Waals surface area contributed by atoms with Crippen molar-refractivity contribution >= 4 is 30.6 Å². The fraction of sp³-hybridized carbons (Fsp3) is 0.333. The van der Waals surface area contributed by atoms with Gasteiger partial charge in [0.05, 0.1) is 0 Å². The third kappa shape index (κ3) is 3.88. The van der Waals surface area contributed by atoms with Gasteiger partial charge in [-0.15, -0.1) is 0 Å². The van der Waals surface area contributed by atoms with E-state index in [1.165, 1.54) is 10.6 Å². The van der Waals surface area contributed by atoms with E-state index in [2.05, 4.69) is 0 Å². The van der Waals surface area contributed by atoms with Crippen LogP contribution in [0.3, 0.4) is 0 Å². The normalized spacial score (nSPS) is 13.0. The van der Waals surface area contributed by atoms with Crippen molar-refractivity contribution in [3.05, 3.63) is 30.2 Å². The summed E-state index contributed by atoms with van der Waals surface area (Å²) in [6.07, 6.45) is -4.36. The van der Waals surface area contributed by atoms with Crippen LogP contribution in [0, 0.1) is 5.82 Å². The van der Waals surface area contributed by atoms with Crippen molar-refractivity contribution < 1.29 is 26.0 Å². The topological polar surface area (TPSA) is 39.1 Å². The van der Waals surface area contributed by atoms with Crippen LogP contribution in [0.15, 0.2) is 29.3 Å². The Morgan fingerprint density at radius 2 is 1.90 bits per heavy atom. The minimum Gasteiger partial charge on any atom is -0.346 e. The van der Waals surface area contributed by atoms with Crippen LogP contribution in [0.25, 0.3) is 10.9 Å². The number of hydrogen-bond donors (Lipinski definition) is 0. The van der Waals surface area contributed by atoms with Crippen molar-refractivity contribution in [3.8, 4) is 0 Å². The molecule has 1 heterocycles. The first kappa shape index (κ1) is 16.1. The number of benzene rings is 1. The first-order valence-electron chi connectivity index (χ1n) is 5.88. The second-order valence-electron chi connectivity index (χ2n) is 4.50. The second-order valence-corrected chi connectivity index (χ2v) is 7.04. The highest BCUT2D eigenvalue weighted by molar-refractivity contribution is 8.14. The molecular weight excluding hydrogens is 334 g/mol. The Labute approximate surface area is 122 Å². The van der Waals surface area contributed by atoms with Gasteiger partial charge >= 0.3 is 6.18 Å². The molecular formula is C12H10ClF4NO2S. The molecule has 3 nitrogen and oxygen atoms in total. The first-order chi connectivity index (χ1) is 9.58. The van der Waals surface area contributed by atoms with Gasteiger partial charge in [-0.05, 0) is 24.6 Å². The predicted octanol–water partition coefficient (Wildman–Crippen LogP) is 4.05. The van der Waals surface area contributed by atoms with Gasteiger partial charge in [-0.3, -0.25) is 0 Å². The smallest absolute Gasteiger partial charge is 0.346 e. The van der Waals surface area contributed by atoms with E-state index >= 15 is 0 Å². The van der Waals surface area contributed by atoms with E-state index < -0.39 is 27.5 Å². The lowest BCUT2D eigenvalue weighted by atomic mass is 10.2. The van der Waals surface area contributed by atoms with E-state index in [0.717, 1.165) is 18.3 Å². The van der Waals surface area contributed by atoms with Crippen LogP contribution in [0.5, 0.6) is 0 Å². The molecule has 1 aromatic heterocycles. The molecule has 0 bridgehead atoms. The van der Waals surface area contributed by atoms with Gasteiger partial charge in [0.25, 0.3) is 9.05 Å². The molecule has 0 spiro atoms. The van der Waals surface area contributed by atoms with Gasteiger partial charge in [0.15, 0.2) is 0 Å². The van der Waals surface area contributed by atoms with E-state index in [1.807, 2.05) is 0 Å². The number of rotatable bonds is 4. The summed E-state index contributed by atoms with van der Waals surface area (Å²) in [7, 11) is 1.15. The van der Waals surface area contributed by atoms with Gasteiger partial charge in [-0.1, -0.05) is 0 Å². The standard InChI is InChI=1S/C12H10ClF4NO2S/c13-21(19,20)11-7-18(5-1-4-12(15,16)17)10-3-2-8(14)6-9(10)11/h2-3,6-7H,1,4-5H2. The van der Waals surface area contributed by atoms with Gasteiger partial charge < -0.3 is 4.57 Å². The van der Waals surface area contributed by atoms with Crippen molar-refractivity contribution in [1.82, 2.24) is 4.57 Å². The zero-order valence-corrected chi connectivity index (χ0v) is 12.1. The average Bonchev–Trinajstić information content (AvgIpc) is 2.65. The number of aryl methyl sites for hydroxylation is 1. The van der Waals surface area contributed by atoms with E-state index in [-0.39, 0.29) is 23.2 Å². The molecule has 0 N–H and O–H groups in total. The highest BCUT2D eigenvalue weighted by atomic mass is 35.7. The molecule has 0 unspecified atom stereocenters. The van der Waals surface area contributed by atoms with Crippen molar-refractivity contribution in [2.24, 2.45) is 0 Å². The lowest BCUT2D eigenvalue weighted by Gasteiger charge is -2.07. The fourth-order valence-electron chi connectivity index (χ4n) is 2.07. The van der Waals surface area contributed by atoms with E-state index in [9.17, 15) is 26.0 Å². The number of fused-ring (bicyclic) bond motifs is 1. The van der Waals surface area contributed by atoms with E-state index in [4.69, 9.17) is 10.7 Å². The van der Waals surface area contributed by atoms with Crippen molar-refractivity contribution in [1.29, 1.82) is 0 Å². The Hall–Kier alpha value is -1.28. The summed E-state index contributed by atoms with van der Waals surface area (Å²) in [5.41, 5.74) is 0.317. The van der Waals surface area contributed by atoms with Gasteiger partial charge in [0.2, 0.25) is 0 Å². The molecule has 1 aromatic carbocycles. The van der Waals surface area contributed by atoms with E-state index in [1.54, 1.807) is 0 Å². The zero-order chi connectivity index (χ0) is 15.8. The molecule has 0 aliphatic heterocycles. The Morgan fingerprint density at radius 3 is 2.48 bits per heavy atom. The molecule has 0 radical (unpaired) electrons. The van der Waals surface area contributed by atoms with Crippen molar-refractivity contribution in [3.63, 3.8) is 0 Å². The summed E-state index contributed by atoms with van der Waals surface area (Å²) in [5.74, 6) is -0.655. The monoisotopic (exact) mass is 343 g/mol. The molecule has 0 saturated carbocycles. The van der Waals surface area contributed by atoms with Gasteiger partial charge in [-0.2, -0.15) is 13.2 Å². The van der Waals surface area contributed by atoms with Crippen LogP contribution in [-0.4, -0.2) is 19.2 Å². The van der Waals surface area contributed by atoms with Gasteiger partial charge in [0, 0.05) is 40.7 Å². The Balaban J connectivity index is 2.41. The average molecular weight is 344 g/mol. The molecule has 0 aliphatic rings. The van der Waals surface area contributed by atoms with Crippen LogP contribution in [0.1, 0.15) is 12.8 Å². The summed E-state index contributed by atoms with van der Waals surface area (Å²) in [4.78, 5) is -0.314. The Bertz CT molecular complexity index is 767. The van der Waals surface area contributed by atoms with Crippen LogP contribution in [0.2, 0.25) is 0 Å². The van der Waals surface area contributed by atoms with Crippen LogP contribution >= 0.6 is 10.7 Å². The number of halogens is 5. The van der Waals surface area contributed by atoms with Crippen LogP contribution in [-0.2, 0) is 15.6 Å². The number of hydrogen-bond acceptors (Lipinski definition) is 2. The number of alkyl halides is 3. The first-order valence-corrected chi connectivity index (χ1v) is 8.19.